The van der Waals surface area contributed by atoms with Gasteiger partial charge in [0.2, 0.25) is 5.95 Å². The number of H-pyrrole nitrogens is 2. The normalized spacial score (nSPS) is 18.1. The minimum Gasteiger partial charge on any atom is -0.313 e. The molecular formula is C20H16FN7O2. The van der Waals surface area contributed by atoms with Crippen molar-refractivity contribution in [2.24, 2.45) is 11.0 Å². The topological polar surface area (TPSA) is 133 Å². The van der Waals surface area contributed by atoms with Crippen molar-refractivity contribution in [1.82, 2.24) is 24.6 Å². The Labute approximate surface area is 169 Å². The number of pyridine rings is 1. The summed E-state index contributed by atoms with van der Waals surface area (Å²) in [5, 5.41) is 13.0. The zero-order valence-corrected chi connectivity index (χ0v) is 15.9. The van der Waals surface area contributed by atoms with Crippen molar-refractivity contribution in [2.45, 2.75) is 19.3 Å². The summed E-state index contributed by atoms with van der Waals surface area (Å²) in [6.07, 6.45) is 4.71. The molecule has 2 N–H and O–H groups in total. The van der Waals surface area contributed by atoms with Crippen molar-refractivity contribution in [1.29, 1.82) is 5.26 Å². The van der Waals surface area contributed by atoms with Crippen molar-refractivity contribution >= 4 is 11.3 Å². The highest BCUT2D eigenvalue weighted by Crippen LogP contribution is 2.53. The smallest absolute Gasteiger partial charge is 0.313 e. The molecule has 0 aliphatic heterocycles. The van der Waals surface area contributed by atoms with Crippen LogP contribution in [0.2, 0.25) is 0 Å². The van der Waals surface area contributed by atoms with Crippen LogP contribution in [-0.4, -0.2) is 30.3 Å². The minimum absolute atomic E-state index is 0.0345. The van der Waals surface area contributed by atoms with E-state index in [1.165, 1.54) is 13.1 Å². The van der Waals surface area contributed by atoms with Crippen LogP contribution in [-0.2, 0) is 0 Å². The first-order valence-electron chi connectivity index (χ1n) is 9.05. The van der Waals surface area contributed by atoms with Crippen LogP contribution in [0.4, 0.5) is 4.39 Å². The molecule has 3 aromatic rings. The van der Waals surface area contributed by atoms with E-state index in [1.807, 2.05) is 12.1 Å². The van der Waals surface area contributed by atoms with Gasteiger partial charge in [0.1, 0.15) is 11.8 Å². The Balaban J connectivity index is 1.61. The molecular weight excluding hydrogens is 389 g/mol. The second kappa shape index (κ2) is 7.36. The second-order valence-electron chi connectivity index (χ2n) is 6.95. The van der Waals surface area contributed by atoms with Gasteiger partial charge in [0.25, 0.3) is 5.56 Å². The summed E-state index contributed by atoms with van der Waals surface area (Å²) < 4.78 is 15.4. The molecule has 4 rings (SSSR count). The van der Waals surface area contributed by atoms with Gasteiger partial charge < -0.3 is 4.98 Å². The molecule has 9 nitrogen and oxygen atoms in total. The van der Waals surface area contributed by atoms with Crippen LogP contribution in [0, 0.1) is 23.2 Å². The molecule has 0 bridgehead atoms. The SMILES string of the molecule is C=C(c1ncc(F)n1/N=C(\C)c1c[nH]c(=O)[nH]c1=O)[C@H]1C[C@@H]1c1ccc(C#N)nc1. The molecule has 1 fully saturated rings. The lowest BCUT2D eigenvalue weighted by atomic mass is 10.1. The lowest BCUT2D eigenvalue weighted by Gasteiger charge is -2.08. The Kier molecular flexibility index (Phi) is 4.71. The predicted molar refractivity (Wildman–Crippen MR) is 106 cm³/mol. The summed E-state index contributed by atoms with van der Waals surface area (Å²) in [6, 6.07) is 5.48. The molecule has 0 spiro atoms. The highest BCUT2D eigenvalue weighted by molar-refractivity contribution is 5.98. The van der Waals surface area contributed by atoms with Crippen molar-refractivity contribution in [2.75, 3.05) is 0 Å². The Morgan fingerprint density at radius 1 is 1.37 bits per heavy atom. The van der Waals surface area contributed by atoms with Gasteiger partial charge in [-0.15, -0.1) is 0 Å². The lowest BCUT2D eigenvalue weighted by Crippen LogP contribution is -2.26. The van der Waals surface area contributed by atoms with Crippen molar-refractivity contribution in [3.8, 4) is 6.07 Å². The van der Waals surface area contributed by atoms with Crippen LogP contribution in [0.1, 0.15) is 41.9 Å². The van der Waals surface area contributed by atoms with Crippen LogP contribution < -0.4 is 11.2 Å². The minimum atomic E-state index is -0.705. The van der Waals surface area contributed by atoms with E-state index >= 15 is 0 Å². The van der Waals surface area contributed by atoms with Gasteiger partial charge in [-0.3, -0.25) is 9.78 Å². The van der Waals surface area contributed by atoms with Crippen LogP contribution in [0.25, 0.3) is 5.57 Å². The molecule has 2 atom stereocenters. The molecule has 3 aromatic heterocycles. The zero-order valence-electron chi connectivity index (χ0n) is 15.9. The molecule has 0 saturated heterocycles. The zero-order chi connectivity index (χ0) is 21.4. The molecule has 1 aliphatic rings. The van der Waals surface area contributed by atoms with Gasteiger partial charge in [0, 0.05) is 12.4 Å². The quantitative estimate of drug-likeness (QED) is 0.624. The van der Waals surface area contributed by atoms with Crippen molar-refractivity contribution < 1.29 is 4.39 Å². The van der Waals surface area contributed by atoms with E-state index in [0.29, 0.717) is 11.3 Å². The van der Waals surface area contributed by atoms with E-state index in [-0.39, 0.29) is 28.9 Å². The summed E-state index contributed by atoms with van der Waals surface area (Å²) >= 11 is 0. The first-order valence-corrected chi connectivity index (χ1v) is 9.05. The molecule has 3 heterocycles. The monoisotopic (exact) mass is 405 g/mol. The number of rotatable bonds is 5. The third-order valence-corrected chi connectivity index (χ3v) is 5.01. The average Bonchev–Trinajstić information content (AvgIpc) is 3.45. The predicted octanol–water partition coefficient (Wildman–Crippen LogP) is 1.75. The lowest BCUT2D eigenvalue weighted by molar-refractivity contribution is 0.526. The highest BCUT2D eigenvalue weighted by Gasteiger charge is 2.42. The fourth-order valence-corrected chi connectivity index (χ4v) is 3.33. The number of nitrogens with one attached hydrogen (secondary N) is 2. The summed E-state index contributed by atoms with van der Waals surface area (Å²) in [5.41, 5.74) is 0.954. The van der Waals surface area contributed by atoms with E-state index < -0.39 is 17.2 Å². The fraction of sp³-hybridized carbons (Fsp3) is 0.200. The van der Waals surface area contributed by atoms with Crippen LogP contribution in [0.3, 0.4) is 0 Å². The standard InChI is InChI=1S/C20H16FN7O2/c1-10(14-5-15(14)12-3-4-13(6-22)23-7-12)18-24-9-17(21)28(18)27-11(2)16-8-25-20(30)26-19(16)29/h3-4,7-9,14-15H,1,5H2,2H3,(H2,25,26,29,30)/b27-11+/t14-,15-/m1/s1. The Morgan fingerprint density at radius 2 is 2.17 bits per heavy atom. The number of allylic oxidation sites excluding steroid dienone is 1. The molecule has 0 aromatic carbocycles. The molecule has 0 radical (unpaired) electrons. The molecule has 10 heteroatoms. The first kappa shape index (κ1) is 19.2. The van der Waals surface area contributed by atoms with Crippen LogP contribution in [0.5, 0.6) is 0 Å². The van der Waals surface area contributed by atoms with Gasteiger partial charge in [-0.1, -0.05) is 12.6 Å². The molecule has 30 heavy (non-hydrogen) atoms. The third-order valence-electron chi connectivity index (χ3n) is 5.01. The molecule has 0 unspecified atom stereocenters. The number of aromatic amines is 2. The van der Waals surface area contributed by atoms with Crippen molar-refractivity contribution in [3.05, 3.63) is 86.7 Å². The van der Waals surface area contributed by atoms with Crippen LogP contribution in [0.15, 0.2) is 52.0 Å². The molecule has 1 saturated carbocycles. The third kappa shape index (κ3) is 3.48. The van der Waals surface area contributed by atoms with Crippen LogP contribution >= 0.6 is 0 Å². The molecule has 0 amide bonds. The molecule has 150 valence electrons. The number of nitriles is 1. The second-order valence-corrected chi connectivity index (χ2v) is 6.95. The van der Waals surface area contributed by atoms with E-state index in [9.17, 15) is 14.0 Å². The van der Waals surface area contributed by atoms with E-state index in [0.717, 1.165) is 22.9 Å². The van der Waals surface area contributed by atoms with Gasteiger partial charge in [0.15, 0.2) is 5.82 Å². The number of halogens is 1. The van der Waals surface area contributed by atoms with Gasteiger partial charge in [-0.25, -0.2) is 14.8 Å². The van der Waals surface area contributed by atoms with Gasteiger partial charge in [-0.05, 0) is 42.4 Å². The fourth-order valence-electron chi connectivity index (χ4n) is 3.33. The number of nitrogens with zero attached hydrogens (tertiary/aromatic N) is 5. The Bertz CT molecular complexity index is 1320. The van der Waals surface area contributed by atoms with E-state index in [2.05, 4.69) is 31.6 Å². The van der Waals surface area contributed by atoms with E-state index in [1.54, 1.807) is 12.3 Å². The number of imidazole rings is 1. The maximum absolute atomic E-state index is 14.4. The summed E-state index contributed by atoms with van der Waals surface area (Å²) in [6.45, 7) is 5.60. The van der Waals surface area contributed by atoms with E-state index in [4.69, 9.17) is 5.26 Å². The van der Waals surface area contributed by atoms with Gasteiger partial charge in [0.05, 0.1) is 17.5 Å². The number of hydrogen-bond donors (Lipinski definition) is 2. The maximum atomic E-state index is 14.4. The highest BCUT2D eigenvalue weighted by atomic mass is 19.1. The first-order chi connectivity index (χ1) is 14.4. The molecule has 1 aliphatic carbocycles. The maximum Gasteiger partial charge on any atom is 0.325 e. The largest absolute Gasteiger partial charge is 0.325 e. The van der Waals surface area contributed by atoms with Gasteiger partial charge in [-0.2, -0.15) is 19.4 Å². The summed E-state index contributed by atoms with van der Waals surface area (Å²) in [5.74, 6) is -0.268. The average molecular weight is 405 g/mol. The number of hydrogen-bond acceptors (Lipinski definition) is 6. The van der Waals surface area contributed by atoms with Crippen molar-refractivity contribution in [3.63, 3.8) is 0 Å². The summed E-state index contributed by atoms with van der Waals surface area (Å²) in [4.78, 5) is 35.8. The number of aromatic nitrogens is 5. The van der Waals surface area contributed by atoms with Gasteiger partial charge >= 0.3 is 5.69 Å². The summed E-state index contributed by atoms with van der Waals surface area (Å²) in [7, 11) is 0. The Morgan fingerprint density at radius 3 is 2.83 bits per heavy atom. The Hall–Kier alpha value is -4.13.